The van der Waals surface area contributed by atoms with Gasteiger partial charge in [-0.05, 0) is 17.7 Å². The molecule has 0 saturated carbocycles. The van der Waals surface area contributed by atoms with E-state index in [0.717, 1.165) is 0 Å². The van der Waals surface area contributed by atoms with Crippen LogP contribution in [0.25, 0.3) is 0 Å². The Morgan fingerprint density at radius 2 is 1.92 bits per heavy atom. The van der Waals surface area contributed by atoms with Gasteiger partial charge in [0.05, 0.1) is 33.0 Å². The van der Waals surface area contributed by atoms with Crippen LogP contribution in [-0.2, 0) is 19.0 Å². The number of methoxy groups -OCH3 is 2. The number of phenolic OH excluding ortho intramolecular Hbond substituents is 1. The van der Waals surface area contributed by atoms with Crippen LogP contribution in [0.5, 0.6) is 11.5 Å². The Balaban J connectivity index is 2.80. The third-order valence-electron chi connectivity index (χ3n) is 3.00. The van der Waals surface area contributed by atoms with E-state index in [1.807, 2.05) is 5.32 Å². The molecule has 0 aliphatic heterocycles. The first kappa shape index (κ1) is 21.0. The average Bonchev–Trinajstić information content (AvgIpc) is 2.55. The lowest BCUT2D eigenvalue weighted by atomic mass is 10.1. The van der Waals surface area contributed by atoms with Crippen molar-refractivity contribution in [2.75, 3.05) is 40.8 Å². The first-order chi connectivity index (χ1) is 11.8. The highest BCUT2D eigenvalue weighted by molar-refractivity contribution is 5.82. The van der Waals surface area contributed by atoms with Gasteiger partial charge in [-0.15, -0.1) is 0 Å². The molecule has 1 atom stereocenters. The molecule has 1 amide bonds. The SMILES string of the molecule is COCCOCOC[C@@H](NC(=O)C(F)(F)F)c1cc(O)cc(OC)c1. The molecular weight excluding hydrogens is 347 g/mol. The van der Waals surface area contributed by atoms with Gasteiger partial charge in [-0.25, -0.2) is 0 Å². The Morgan fingerprint density at radius 1 is 1.20 bits per heavy atom. The number of carbonyl (C=O) groups excluding carboxylic acids is 1. The lowest BCUT2D eigenvalue weighted by molar-refractivity contribution is -0.175. The van der Waals surface area contributed by atoms with E-state index in [1.54, 1.807) is 0 Å². The number of carbonyl (C=O) groups is 1. The van der Waals surface area contributed by atoms with E-state index in [9.17, 15) is 23.1 Å². The molecule has 0 unspecified atom stereocenters. The van der Waals surface area contributed by atoms with Gasteiger partial charge in [0.1, 0.15) is 18.3 Å². The topological polar surface area (TPSA) is 86.2 Å². The Bertz CT molecular complexity index is 553. The molecule has 142 valence electrons. The second-order valence-corrected chi connectivity index (χ2v) is 4.88. The summed E-state index contributed by atoms with van der Waals surface area (Å²) in [7, 11) is 2.82. The minimum Gasteiger partial charge on any atom is -0.508 e. The zero-order valence-electron chi connectivity index (χ0n) is 13.8. The molecule has 0 aliphatic rings. The number of hydrogen-bond acceptors (Lipinski definition) is 6. The maximum Gasteiger partial charge on any atom is 0.471 e. The summed E-state index contributed by atoms with van der Waals surface area (Å²) < 4.78 is 57.4. The Morgan fingerprint density at radius 3 is 2.52 bits per heavy atom. The van der Waals surface area contributed by atoms with E-state index in [2.05, 4.69) is 0 Å². The van der Waals surface area contributed by atoms with Gasteiger partial charge in [0.2, 0.25) is 0 Å². The van der Waals surface area contributed by atoms with Crippen molar-refractivity contribution in [1.29, 1.82) is 0 Å². The van der Waals surface area contributed by atoms with Gasteiger partial charge in [0, 0.05) is 13.2 Å². The van der Waals surface area contributed by atoms with E-state index < -0.39 is 18.1 Å². The average molecular weight is 367 g/mol. The molecule has 25 heavy (non-hydrogen) atoms. The zero-order chi connectivity index (χ0) is 18.9. The number of benzene rings is 1. The van der Waals surface area contributed by atoms with E-state index >= 15 is 0 Å². The van der Waals surface area contributed by atoms with Crippen LogP contribution in [0, 0.1) is 0 Å². The van der Waals surface area contributed by atoms with Crippen molar-refractivity contribution in [2.24, 2.45) is 0 Å². The van der Waals surface area contributed by atoms with Crippen molar-refractivity contribution in [2.45, 2.75) is 12.2 Å². The van der Waals surface area contributed by atoms with Crippen molar-refractivity contribution in [3.05, 3.63) is 23.8 Å². The number of phenols is 1. The molecule has 0 bridgehead atoms. The second-order valence-electron chi connectivity index (χ2n) is 4.88. The van der Waals surface area contributed by atoms with Gasteiger partial charge in [0.15, 0.2) is 0 Å². The van der Waals surface area contributed by atoms with Gasteiger partial charge >= 0.3 is 12.1 Å². The quantitative estimate of drug-likeness (QED) is 0.484. The van der Waals surface area contributed by atoms with Crippen LogP contribution in [-0.4, -0.2) is 58.0 Å². The molecule has 1 aromatic rings. The molecule has 7 nitrogen and oxygen atoms in total. The minimum atomic E-state index is -5.05. The number of nitrogens with one attached hydrogen (secondary N) is 1. The monoisotopic (exact) mass is 367 g/mol. The highest BCUT2D eigenvalue weighted by Crippen LogP contribution is 2.27. The van der Waals surface area contributed by atoms with E-state index in [1.165, 1.54) is 32.4 Å². The lowest BCUT2D eigenvalue weighted by Crippen LogP contribution is -2.40. The fraction of sp³-hybridized carbons (Fsp3) is 0.533. The number of halogens is 3. The van der Waals surface area contributed by atoms with Crippen LogP contribution in [0.4, 0.5) is 13.2 Å². The molecular formula is C15H20F3NO6. The van der Waals surface area contributed by atoms with Crippen LogP contribution in [0.15, 0.2) is 18.2 Å². The summed E-state index contributed by atoms with van der Waals surface area (Å²) in [5.41, 5.74) is 0.186. The minimum absolute atomic E-state index is 0.186. The Hall–Kier alpha value is -2.04. The van der Waals surface area contributed by atoms with Crippen LogP contribution in [0.3, 0.4) is 0 Å². The molecule has 0 fully saturated rings. The second kappa shape index (κ2) is 10.1. The highest BCUT2D eigenvalue weighted by Gasteiger charge is 2.40. The maximum atomic E-state index is 12.5. The highest BCUT2D eigenvalue weighted by atomic mass is 19.4. The predicted octanol–water partition coefficient (Wildman–Crippen LogP) is 1.76. The fourth-order valence-electron chi connectivity index (χ4n) is 1.81. The van der Waals surface area contributed by atoms with E-state index in [0.29, 0.717) is 6.61 Å². The Kier molecular flexibility index (Phi) is 8.46. The lowest BCUT2D eigenvalue weighted by Gasteiger charge is -2.21. The number of aromatic hydroxyl groups is 1. The van der Waals surface area contributed by atoms with Crippen LogP contribution >= 0.6 is 0 Å². The summed E-state index contributed by atoms with van der Waals surface area (Å²) in [5.74, 6) is -2.13. The molecule has 1 rings (SSSR count). The molecule has 0 radical (unpaired) electrons. The number of hydrogen-bond donors (Lipinski definition) is 2. The van der Waals surface area contributed by atoms with Crippen molar-refractivity contribution < 1.29 is 42.0 Å². The molecule has 0 spiro atoms. The zero-order valence-corrected chi connectivity index (χ0v) is 13.8. The van der Waals surface area contributed by atoms with E-state index in [4.69, 9.17) is 18.9 Å². The third kappa shape index (κ3) is 7.59. The van der Waals surface area contributed by atoms with Crippen molar-refractivity contribution in [1.82, 2.24) is 5.32 Å². The van der Waals surface area contributed by atoms with Crippen molar-refractivity contribution in [3.63, 3.8) is 0 Å². The Labute approximate surface area is 142 Å². The van der Waals surface area contributed by atoms with Gasteiger partial charge in [-0.2, -0.15) is 13.2 Å². The maximum absolute atomic E-state index is 12.5. The smallest absolute Gasteiger partial charge is 0.471 e. The largest absolute Gasteiger partial charge is 0.508 e. The third-order valence-corrected chi connectivity index (χ3v) is 3.00. The summed E-state index contributed by atoms with van der Waals surface area (Å²) in [6, 6.07) is 2.71. The summed E-state index contributed by atoms with van der Waals surface area (Å²) in [6.45, 7) is 0.0798. The van der Waals surface area contributed by atoms with Gasteiger partial charge in [-0.1, -0.05) is 0 Å². The van der Waals surface area contributed by atoms with Crippen molar-refractivity contribution in [3.8, 4) is 11.5 Å². The number of amides is 1. The number of alkyl halides is 3. The van der Waals surface area contributed by atoms with E-state index in [-0.39, 0.29) is 37.1 Å². The summed E-state index contributed by atoms with van der Waals surface area (Å²) in [4.78, 5) is 11.2. The fourth-order valence-corrected chi connectivity index (χ4v) is 1.81. The molecule has 0 heterocycles. The first-order valence-corrected chi connectivity index (χ1v) is 7.18. The molecule has 0 aromatic heterocycles. The van der Waals surface area contributed by atoms with Gasteiger partial charge < -0.3 is 29.4 Å². The van der Waals surface area contributed by atoms with Crippen molar-refractivity contribution >= 4 is 5.91 Å². The molecule has 0 saturated heterocycles. The summed E-state index contributed by atoms with van der Waals surface area (Å²) >= 11 is 0. The molecule has 2 N–H and O–H groups in total. The summed E-state index contributed by atoms with van der Waals surface area (Å²) in [6.07, 6.45) is -5.05. The molecule has 0 aliphatic carbocycles. The molecule has 1 aromatic carbocycles. The van der Waals surface area contributed by atoms with Gasteiger partial charge in [-0.3, -0.25) is 4.79 Å². The summed E-state index contributed by atoms with van der Waals surface area (Å²) in [5, 5.41) is 11.5. The first-order valence-electron chi connectivity index (χ1n) is 7.18. The number of ether oxygens (including phenoxy) is 4. The number of rotatable bonds is 10. The predicted molar refractivity (Wildman–Crippen MR) is 80.2 cm³/mol. The van der Waals surface area contributed by atoms with Crippen LogP contribution in [0.2, 0.25) is 0 Å². The van der Waals surface area contributed by atoms with Crippen LogP contribution in [0.1, 0.15) is 11.6 Å². The standard InChI is InChI=1S/C15H20F3NO6/c1-22-3-4-24-9-25-8-13(19-14(21)15(16,17)18)10-5-11(20)7-12(6-10)23-2/h5-7,13,20H,3-4,8-9H2,1-2H3,(H,19,21)/t13-/m1/s1. The van der Waals surface area contributed by atoms with Gasteiger partial charge in [0.25, 0.3) is 0 Å². The van der Waals surface area contributed by atoms with Crippen LogP contribution < -0.4 is 10.1 Å². The molecule has 10 heteroatoms. The normalized spacial score (nSPS) is 12.7.